The highest BCUT2D eigenvalue weighted by Gasteiger charge is 2.34. The van der Waals surface area contributed by atoms with Gasteiger partial charge in [0.15, 0.2) is 0 Å². The zero-order chi connectivity index (χ0) is 30.9. The largest absolute Gasteiger partial charge is 0.494 e. The summed E-state index contributed by atoms with van der Waals surface area (Å²) in [6, 6.07) is 19.9. The predicted octanol–water partition coefficient (Wildman–Crippen LogP) is 5.64. The van der Waals surface area contributed by atoms with E-state index in [1.807, 2.05) is 65.1 Å². The van der Waals surface area contributed by atoms with Gasteiger partial charge in [-0.25, -0.2) is 8.42 Å². The Kier molecular flexibility index (Phi) is 11.9. The molecule has 10 heteroatoms. The van der Waals surface area contributed by atoms with Gasteiger partial charge in [0, 0.05) is 17.5 Å². The molecule has 0 aliphatic carbocycles. The molecular formula is C32H41N3O5S2. The number of aryl methyl sites for hydroxylation is 1. The van der Waals surface area contributed by atoms with Crippen LogP contribution in [0.25, 0.3) is 0 Å². The maximum absolute atomic E-state index is 14.2. The van der Waals surface area contributed by atoms with Gasteiger partial charge in [-0.1, -0.05) is 31.2 Å². The second-order valence-electron chi connectivity index (χ2n) is 10.1. The van der Waals surface area contributed by atoms with Crippen LogP contribution in [0.3, 0.4) is 0 Å². The van der Waals surface area contributed by atoms with Crippen LogP contribution in [0.5, 0.6) is 5.75 Å². The summed E-state index contributed by atoms with van der Waals surface area (Å²) in [5.74, 6) is -0.174. The molecule has 0 bridgehead atoms. The molecule has 42 heavy (non-hydrogen) atoms. The minimum absolute atomic E-state index is 0.0667. The number of nitrogens with one attached hydrogen (secondary N) is 1. The molecule has 0 aromatic heterocycles. The number of ether oxygens (including phenoxy) is 1. The van der Waals surface area contributed by atoms with Gasteiger partial charge in [-0.3, -0.25) is 13.9 Å². The van der Waals surface area contributed by atoms with Crippen molar-refractivity contribution in [2.45, 2.75) is 69.5 Å². The molecule has 3 aromatic rings. The highest BCUT2D eigenvalue weighted by atomic mass is 32.2. The lowest BCUT2D eigenvalue weighted by atomic mass is 10.1. The number of amides is 2. The summed E-state index contributed by atoms with van der Waals surface area (Å²) in [6.45, 7) is 9.52. The van der Waals surface area contributed by atoms with Crippen molar-refractivity contribution in [3.05, 3.63) is 83.9 Å². The monoisotopic (exact) mass is 611 g/mol. The Morgan fingerprint density at radius 3 is 2.14 bits per heavy atom. The van der Waals surface area contributed by atoms with Crippen LogP contribution in [-0.2, 0) is 26.2 Å². The zero-order valence-electron chi connectivity index (χ0n) is 25.2. The van der Waals surface area contributed by atoms with E-state index in [1.165, 1.54) is 16.7 Å². The van der Waals surface area contributed by atoms with Crippen molar-refractivity contribution in [2.75, 3.05) is 23.7 Å². The number of nitrogens with zero attached hydrogens (tertiary/aromatic N) is 2. The number of hydrogen-bond acceptors (Lipinski definition) is 6. The van der Waals surface area contributed by atoms with Crippen LogP contribution in [0.15, 0.2) is 82.6 Å². The molecule has 0 aliphatic rings. The zero-order valence-corrected chi connectivity index (χ0v) is 26.8. The quantitative estimate of drug-likeness (QED) is 0.237. The summed E-state index contributed by atoms with van der Waals surface area (Å²) in [7, 11) is -4.15. The van der Waals surface area contributed by atoms with Crippen LogP contribution < -0.4 is 14.4 Å². The topological polar surface area (TPSA) is 96.0 Å². The first-order valence-electron chi connectivity index (χ1n) is 14.1. The van der Waals surface area contributed by atoms with Gasteiger partial charge in [-0.05, 0) is 100 Å². The average molecular weight is 612 g/mol. The van der Waals surface area contributed by atoms with Crippen LogP contribution in [0.4, 0.5) is 5.69 Å². The van der Waals surface area contributed by atoms with Crippen LogP contribution in [0.1, 0.15) is 45.2 Å². The Morgan fingerprint density at radius 2 is 1.60 bits per heavy atom. The molecule has 0 saturated heterocycles. The number of rotatable bonds is 14. The Hall–Kier alpha value is -3.50. The fourth-order valence-corrected chi connectivity index (χ4v) is 6.37. The Labute approximate surface area is 254 Å². The van der Waals surface area contributed by atoms with E-state index in [1.54, 1.807) is 48.5 Å². The van der Waals surface area contributed by atoms with E-state index >= 15 is 0 Å². The normalized spacial score (nSPS) is 12.1. The number of benzene rings is 3. The Morgan fingerprint density at radius 1 is 0.952 bits per heavy atom. The van der Waals surface area contributed by atoms with Gasteiger partial charge >= 0.3 is 0 Å². The molecule has 0 spiro atoms. The standard InChI is InChI=1S/C32H41N3O5S2/c1-7-30(32(37)33-23(3)4)34(21-25-12-10-9-11-24(25)5)31(36)22-35(26-13-15-27(16-14-26)40-8-2)42(38,39)29-19-17-28(41-6)18-20-29/h9-20,23,30H,7-8,21-22H2,1-6H3,(H,33,37)/t30-/m0/s1. The summed E-state index contributed by atoms with van der Waals surface area (Å²) < 4.78 is 34.8. The highest BCUT2D eigenvalue weighted by Crippen LogP contribution is 2.28. The lowest BCUT2D eigenvalue weighted by molar-refractivity contribution is -0.140. The molecule has 0 unspecified atom stereocenters. The van der Waals surface area contributed by atoms with Crippen LogP contribution in [-0.4, -0.2) is 56.6 Å². The summed E-state index contributed by atoms with van der Waals surface area (Å²) in [4.78, 5) is 30.0. The van der Waals surface area contributed by atoms with Crippen molar-refractivity contribution in [3.8, 4) is 5.75 Å². The van der Waals surface area contributed by atoms with Crippen molar-refractivity contribution in [1.29, 1.82) is 0 Å². The lowest BCUT2D eigenvalue weighted by Crippen LogP contribution is -2.53. The summed E-state index contributed by atoms with van der Waals surface area (Å²) in [5, 5.41) is 2.92. The third-order valence-corrected chi connectivity index (χ3v) is 9.31. The molecule has 3 aromatic carbocycles. The number of thioether (sulfide) groups is 1. The van der Waals surface area contributed by atoms with Gasteiger partial charge in [0.05, 0.1) is 17.2 Å². The second kappa shape index (κ2) is 15.1. The first-order valence-corrected chi connectivity index (χ1v) is 16.7. The number of carbonyl (C=O) groups excluding carboxylic acids is 2. The molecule has 0 heterocycles. The van der Waals surface area contributed by atoms with Gasteiger partial charge < -0.3 is 15.0 Å². The molecule has 226 valence electrons. The number of carbonyl (C=O) groups is 2. The van der Waals surface area contributed by atoms with Crippen LogP contribution in [0, 0.1) is 6.92 Å². The minimum atomic E-state index is -4.15. The fourth-order valence-electron chi connectivity index (χ4n) is 4.55. The maximum Gasteiger partial charge on any atom is 0.264 e. The molecule has 0 aliphatic heterocycles. The second-order valence-corrected chi connectivity index (χ2v) is 12.9. The van der Waals surface area contributed by atoms with Crippen molar-refractivity contribution >= 4 is 39.3 Å². The first-order chi connectivity index (χ1) is 20.0. The molecule has 1 N–H and O–H groups in total. The van der Waals surface area contributed by atoms with E-state index in [9.17, 15) is 18.0 Å². The van der Waals surface area contributed by atoms with Crippen LogP contribution in [0.2, 0.25) is 0 Å². The van der Waals surface area contributed by atoms with Gasteiger partial charge in [0.2, 0.25) is 11.8 Å². The SMILES string of the molecule is CCOc1ccc(N(CC(=O)N(Cc2ccccc2C)[C@@H](CC)C(=O)NC(C)C)S(=O)(=O)c2ccc(SC)cc2)cc1. The van der Waals surface area contributed by atoms with Gasteiger partial charge in [-0.15, -0.1) is 11.8 Å². The van der Waals surface area contributed by atoms with Crippen molar-refractivity contribution < 1.29 is 22.7 Å². The molecule has 0 saturated carbocycles. The van der Waals surface area contributed by atoms with E-state index in [2.05, 4.69) is 5.32 Å². The maximum atomic E-state index is 14.2. The smallest absolute Gasteiger partial charge is 0.264 e. The van der Waals surface area contributed by atoms with Crippen molar-refractivity contribution in [3.63, 3.8) is 0 Å². The lowest BCUT2D eigenvalue weighted by Gasteiger charge is -2.34. The summed E-state index contributed by atoms with van der Waals surface area (Å²) in [6.07, 6.45) is 2.28. The Bertz CT molecular complexity index is 1440. The van der Waals surface area contributed by atoms with Crippen molar-refractivity contribution in [2.24, 2.45) is 0 Å². The molecule has 1 atom stereocenters. The predicted molar refractivity (Wildman–Crippen MR) is 169 cm³/mol. The first kappa shape index (κ1) is 33.0. The van der Waals surface area contributed by atoms with Crippen LogP contribution >= 0.6 is 11.8 Å². The van der Waals surface area contributed by atoms with E-state index in [0.29, 0.717) is 24.5 Å². The van der Waals surface area contributed by atoms with E-state index in [4.69, 9.17) is 4.74 Å². The van der Waals surface area contributed by atoms with Crippen molar-refractivity contribution in [1.82, 2.24) is 10.2 Å². The summed E-state index contributed by atoms with van der Waals surface area (Å²) in [5.41, 5.74) is 2.17. The molecule has 0 fully saturated rings. The third kappa shape index (κ3) is 8.29. The van der Waals surface area contributed by atoms with Gasteiger partial charge in [0.25, 0.3) is 10.0 Å². The third-order valence-electron chi connectivity index (χ3n) is 6.78. The molecule has 8 nitrogen and oxygen atoms in total. The Balaban J connectivity index is 2.08. The summed E-state index contributed by atoms with van der Waals surface area (Å²) >= 11 is 1.51. The number of sulfonamides is 1. The number of hydrogen-bond donors (Lipinski definition) is 1. The van der Waals surface area contributed by atoms with E-state index in [0.717, 1.165) is 20.3 Å². The average Bonchev–Trinajstić information content (AvgIpc) is 2.97. The number of anilines is 1. The molecule has 3 rings (SSSR count). The minimum Gasteiger partial charge on any atom is -0.494 e. The van der Waals surface area contributed by atoms with Gasteiger partial charge in [0.1, 0.15) is 18.3 Å². The molecule has 0 radical (unpaired) electrons. The fraction of sp³-hybridized carbons (Fsp3) is 0.375. The van der Waals surface area contributed by atoms with E-state index in [-0.39, 0.29) is 23.4 Å². The molecule has 2 amide bonds. The molecular weight excluding hydrogens is 571 g/mol. The van der Waals surface area contributed by atoms with Gasteiger partial charge in [-0.2, -0.15) is 0 Å². The highest BCUT2D eigenvalue weighted by molar-refractivity contribution is 7.98. The van der Waals surface area contributed by atoms with E-state index < -0.39 is 28.5 Å².